The van der Waals surface area contributed by atoms with Crippen LogP contribution in [0.1, 0.15) is 30.0 Å². The molecule has 0 radical (unpaired) electrons. The molecule has 0 saturated carbocycles. The molecule has 0 aromatic carbocycles. The molecule has 0 unspecified atom stereocenters. The summed E-state index contributed by atoms with van der Waals surface area (Å²) in [6.45, 7) is 5.52. The van der Waals surface area contributed by atoms with Crippen molar-refractivity contribution in [2.45, 2.75) is 26.8 Å². The van der Waals surface area contributed by atoms with Crippen LogP contribution in [-0.4, -0.2) is 22.1 Å². The summed E-state index contributed by atoms with van der Waals surface area (Å²) >= 11 is 0. The zero-order chi connectivity index (χ0) is 10.0. The molecule has 1 heterocycles. The third-order valence-electron chi connectivity index (χ3n) is 1.64. The topological polar surface area (TPSA) is 83.8 Å². The first kappa shape index (κ1) is 9.57. The molecule has 1 aromatic heterocycles. The average molecular weight is 182 g/mol. The molecule has 4 N–H and O–H groups in total. The van der Waals surface area contributed by atoms with Gasteiger partial charge in [0.25, 0.3) is 5.91 Å². The van der Waals surface area contributed by atoms with E-state index in [1.54, 1.807) is 6.92 Å². The fourth-order valence-electron chi connectivity index (χ4n) is 0.949. The molecule has 1 rings (SSSR count). The van der Waals surface area contributed by atoms with Crippen molar-refractivity contribution in [2.75, 3.05) is 5.73 Å². The lowest BCUT2D eigenvalue weighted by molar-refractivity contribution is 0.0939. The Morgan fingerprint density at radius 2 is 2.23 bits per heavy atom. The highest BCUT2D eigenvalue weighted by Crippen LogP contribution is 2.11. The SMILES string of the molecule is Cc1n[nH]c(C(=O)NC(C)C)c1N. The zero-order valence-electron chi connectivity index (χ0n) is 8.01. The normalized spacial score (nSPS) is 10.5. The lowest BCUT2D eigenvalue weighted by Gasteiger charge is -2.06. The monoisotopic (exact) mass is 182 g/mol. The third-order valence-corrected chi connectivity index (χ3v) is 1.64. The second-order valence-corrected chi connectivity index (χ2v) is 3.23. The maximum atomic E-state index is 11.4. The smallest absolute Gasteiger partial charge is 0.271 e. The van der Waals surface area contributed by atoms with Gasteiger partial charge in [-0.2, -0.15) is 5.10 Å². The number of nitrogen functional groups attached to an aromatic ring is 1. The molecule has 0 atom stereocenters. The summed E-state index contributed by atoms with van der Waals surface area (Å²) in [5.74, 6) is -0.215. The summed E-state index contributed by atoms with van der Waals surface area (Å²) in [4.78, 5) is 11.4. The van der Waals surface area contributed by atoms with Gasteiger partial charge in [-0.25, -0.2) is 0 Å². The summed E-state index contributed by atoms with van der Waals surface area (Å²) in [5.41, 5.74) is 7.03. The molecular weight excluding hydrogens is 168 g/mol. The van der Waals surface area contributed by atoms with Gasteiger partial charge >= 0.3 is 0 Å². The highest BCUT2D eigenvalue weighted by atomic mass is 16.2. The van der Waals surface area contributed by atoms with E-state index in [-0.39, 0.29) is 11.9 Å². The molecule has 5 nitrogen and oxygen atoms in total. The van der Waals surface area contributed by atoms with Gasteiger partial charge in [-0.05, 0) is 20.8 Å². The number of aromatic nitrogens is 2. The molecule has 72 valence electrons. The van der Waals surface area contributed by atoms with Gasteiger partial charge in [0.1, 0.15) is 5.69 Å². The van der Waals surface area contributed by atoms with E-state index in [9.17, 15) is 4.79 Å². The summed E-state index contributed by atoms with van der Waals surface area (Å²) in [6.07, 6.45) is 0. The molecule has 0 spiro atoms. The van der Waals surface area contributed by atoms with Gasteiger partial charge in [-0.3, -0.25) is 9.89 Å². The molecule has 0 aliphatic carbocycles. The van der Waals surface area contributed by atoms with Crippen LogP contribution >= 0.6 is 0 Å². The number of amides is 1. The number of nitrogens with zero attached hydrogens (tertiary/aromatic N) is 1. The van der Waals surface area contributed by atoms with E-state index in [4.69, 9.17) is 5.73 Å². The maximum Gasteiger partial charge on any atom is 0.271 e. The number of hydrogen-bond donors (Lipinski definition) is 3. The van der Waals surface area contributed by atoms with Gasteiger partial charge in [0.2, 0.25) is 0 Å². The number of anilines is 1. The minimum absolute atomic E-state index is 0.0931. The van der Waals surface area contributed by atoms with Gasteiger partial charge in [0.15, 0.2) is 0 Å². The van der Waals surface area contributed by atoms with Crippen LogP contribution in [0, 0.1) is 6.92 Å². The number of aromatic amines is 1. The predicted molar refractivity (Wildman–Crippen MR) is 50.3 cm³/mol. The van der Waals surface area contributed by atoms with Gasteiger partial charge in [0.05, 0.1) is 11.4 Å². The number of carbonyl (C=O) groups is 1. The molecule has 0 aliphatic heterocycles. The van der Waals surface area contributed by atoms with Crippen molar-refractivity contribution in [3.05, 3.63) is 11.4 Å². The maximum absolute atomic E-state index is 11.4. The predicted octanol–water partition coefficient (Wildman–Crippen LogP) is 0.439. The molecule has 0 saturated heterocycles. The second-order valence-electron chi connectivity index (χ2n) is 3.23. The number of H-pyrrole nitrogens is 1. The first-order valence-electron chi connectivity index (χ1n) is 4.13. The molecular formula is C8H14N4O. The Balaban J connectivity index is 2.83. The van der Waals surface area contributed by atoms with Crippen molar-refractivity contribution in [1.29, 1.82) is 0 Å². The van der Waals surface area contributed by atoms with Crippen molar-refractivity contribution in [3.8, 4) is 0 Å². The fourth-order valence-corrected chi connectivity index (χ4v) is 0.949. The van der Waals surface area contributed by atoms with Crippen molar-refractivity contribution in [1.82, 2.24) is 15.5 Å². The van der Waals surface area contributed by atoms with Gasteiger partial charge in [-0.15, -0.1) is 0 Å². The van der Waals surface area contributed by atoms with Crippen LogP contribution in [0.15, 0.2) is 0 Å². The van der Waals surface area contributed by atoms with Crippen LogP contribution in [0.5, 0.6) is 0 Å². The molecule has 0 fully saturated rings. The molecule has 0 aliphatic rings. The standard InChI is InChI=1S/C8H14N4O/c1-4(2)10-8(13)7-6(9)5(3)11-12-7/h4H,9H2,1-3H3,(H,10,13)(H,11,12). The Kier molecular flexibility index (Phi) is 2.55. The quantitative estimate of drug-likeness (QED) is 0.620. The van der Waals surface area contributed by atoms with Crippen molar-refractivity contribution < 1.29 is 4.79 Å². The Hall–Kier alpha value is -1.52. The number of rotatable bonds is 2. The van der Waals surface area contributed by atoms with E-state index in [1.165, 1.54) is 0 Å². The van der Waals surface area contributed by atoms with Gasteiger partial charge < -0.3 is 11.1 Å². The largest absolute Gasteiger partial charge is 0.395 e. The summed E-state index contributed by atoms with van der Waals surface area (Å²) in [6, 6.07) is 0.0931. The number of nitrogens with one attached hydrogen (secondary N) is 2. The van der Waals surface area contributed by atoms with Gasteiger partial charge in [-0.1, -0.05) is 0 Å². The van der Waals surface area contributed by atoms with Crippen molar-refractivity contribution >= 4 is 11.6 Å². The molecule has 5 heteroatoms. The Labute approximate surface area is 76.7 Å². The summed E-state index contributed by atoms with van der Waals surface area (Å²) in [5, 5.41) is 9.15. The minimum atomic E-state index is -0.215. The highest BCUT2D eigenvalue weighted by molar-refractivity contribution is 5.97. The number of aryl methyl sites for hydroxylation is 1. The zero-order valence-corrected chi connectivity index (χ0v) is 8.01. The Morgan fingerprint density at radius 3 is 2.62 bits per heavy atom. The third kappa shape index (κ3) is 1.99. The van der Waals surface area contributed by atoms with E-state index in [2.05, 4.69) is 15.5 Å². The van der Waals surface area contributed by atoms with Crippen LogP contribution in [0.3, 0.4) is 0 Å². The van der Waals surface area contributed by atoms with Crippen molar-refractivity contribution in [2.24, 2.45) is 0 Å². The van der Waals surface area contributed by atoms with Crippen LogP contribution in [0.4, 0.5) is 5.69 Å². The lowest BCUT2D eigenvalue weighted by Crippen LogP contribution is -2.30. The van der Waals surface area contributed by atoms with E-state index in [1.807, 2.05) is 13.8 Å². The summed E-state index contributed by atoms with van der Waals surface area (Å²) in [7, 11) is 0. The van der Waals surface area contributed by atoms with E-state index < -0.39 is 0 Å². The molecule has 1 amide bonds. The van der Waals surface area contributed by atoms with E-state index in [0.717, 1.165) is 0 Å². The number of hydrogen-bond acceptors (Lipinski definition) is 3. The molecule has 0 bridgehead atoms. The van der Waals surface area contributed by atoms with E-state index >= 15 is 0 Å². The lowest BCUT2D eigenvalue weighted by atomic mass is 10.3. The first-order valence-corrected chi connectivity index (χ1v) is 4.13. The van der Waals surface area contributed by atoms with Crippen LogP contribution < -0.4 is 11.1 Å². The Morgan fingerprint density at radius 1 is 1.62 bits per heavy atom. The highest BCUT2D eigenvalue weighted by Gasteiger charge is 2.14. The first-order chi connectivity index (χ1) is 6.02. The van der Waals surface area contributed by atoms with Crippen molar-refractivity contribution in [3.63, 3.8) is 0 Å². The van der Waals surface area contributed by atoms with Crippen LogP contribution in [0.25, 0.3) is 0 Å². The molecule has 13 heavy (non-hydrogen) atoms. The summed E-state index contributed by atoms with van der Waals surface area (Å²) < 4.78 is 0. The fraction of sp³-hybridized carbons (Fsp3) is 0.500. The van der Waals surface area contributed by atoms with E-state index in [0.29, 0.717) is 17.1 Å². The minimum Gasteiger partial charge on any atom is -0.395 e. The number of carbonyl (C=O) groups excluding carboxylic acids is 1. The molecule has 1 aromatic rings. The number of nitrogens with two attached hydrogens (primary N) is 1. The average Bonchev–Trinajstić information content (AvgIpc) is 2.31. The Bertz CT molecular complexity index is 316. The van der Waals surface area contributed by atoms with Crippen LogP contribution in [0.2, 0.25) is 0 Å². The van der Waals surface area contributed by atoms with Crippen LogP contribution in [-0.2, 0) is 0 Å². The second kappa shape index (κ2) is 3.47. The van der Waals surface area contributed by atoms with Gasteiger partial charge in [0, 0.05) is 6.04 Å².